The van der Waals surface area contributed by atoms with E-state index in [0.717, 1.165) is 0 Å². The Kier molecular flexibility index (Phi) is 10.6. The summed E-state index contributed by atoms with van der Waals surface area (Å²) in [6, 6.07) is 0. The summed E-state index contributed by atoms with van der Waals surface area (Å²) in [5, 5.41) is 3.01. The van der Waals surface area contributed by atoms with E-state index in [-0.39, 0.29) is 12.1 Å². The lowest BCUT2D eigenvalue weighted by Crippen LogP contribution is -2.50. The van der Waals surface area contributed by atoms with Gasteiger partial charge in [0.15, 0.2) is 0 Å². The van der Waals surface area contributed by atoms with Crippen molar-refractivity contribution in [2.45, 2.75) is 38.8 Å². The first-order chi connectivity index (χ1) is 9.50. The van der Waals surface area contributed by atoms with Crippen LogP contribution < -0.4 is 5.32 Å². The molecule has 20 heavy (non-hydrogen) atoms. The number of hydrogen-bond acceptors (Lipinski definition) is 6. The van der Waals surface area contributed by atoms with Crippen molar-refractivity contribution in [2.75, 3.05) is 47.2 Å². The van der Waals surface area contributed by atoms with Gasteiger partial charge in [0.2, 0.25) is 0 Å². The number of hydrogen-bond donors (Lipinski definition) is 1. The highest BCUT2D eigenvalue weighted by molar-refractivity contribution is 5.80. The average molecular weight is 291 g/mol. The highest BCUT2D eigenvalue weighted by Gasteiger charge is 2.34. The van der Waals surface area contributed by atoms with Gasteiger partial charge in [-0.25, -0.2) is 0 Å². The highest BCUT2D eigenvalue weighted by Crippen LogP contribution is 2.16. The fraction of sp³-hybridized carbons (Fsp3) is 0.929. The topological polar surface area (TPSA) is 66.0 Å². The molecule has 6 heteroatoms. The normalized spacial score (nSPS) is 15.7. The predicted octanol–water partition coefficient (Wildman–Crippen LogP) is 0.986. The molecule has 0 radical (unpaired) electrons. The Bertz CT molecular complexity index is 262. The van der Waals surface area contributed by atoms with Crippen LogP contribution in [-0.2, 0) is 23.7 Å². The van der Waals surface area contributed by atoms with E-state index in [1.165, 1.54) is 0 Å². The molecule has 0 aliphatic heterocycles. The molecule has 0 aliphatic rings. The second kappa shape index (κ2) is 11.0. The summed E-state index contributed by atoms with van der Waals surface area (Å²) in [5.74, 6) is -0.255. The van der Waals surface area contributed by atoms with Gasteiger partial charge in [-0.2, -0.15) is 0 Å². The molecular formula is C14H29NO5. The van der Waals surface area contributed by atoms with Gasteiger partial charge in [0.1, 0.15) is 5.54 Å². The molecule has 6 nitrogen and oxygen atoms in total. The molecule has 0 fully saturated rings. The molecular weight excluding hydrogens is 262 g/mol. The van der Waals surface area contributed by atoms with Crippen molar-refractivity contribution in [3.8, 4) is 0 Å². The maximum atomic E-state index is 11.9. The Morgan fingerprint density at radius 1 is 1.25 bits per heavy atom. The van der Waals surface area contributed by atoms with Crippen LogP contribution in [-0.4, -0.2) is 64.8 Å². The molecule has 0 saturated heterocycles. The molecule has 2 atom stereocenters. The first kappa shape index (κ1) is 19.3. The van der Waals surface area contributed by atoms with Gasteiger partial charge in [-0.3, -0.25) is 4.79 Å². The number of likely N-dealkylation sites (N-methyl/N-ethyl adjacent to an activating group) is 1. The number of carbonyl (C=O) groups excluding carboxylic acids is 1. The van der Waals surface area contributed by atoms with E-state index < -0.39 is 5.54 Å². The number of esters is 1. The molecule has 2 unspecified atom stereocenters. The van der Waals surface area contributed by atoms with Gasteiger partial charge >= 0.3 is 5.97 Å². The van der Waals surface area contributed by atoms with E-state index in [1.54, 1.807) is 21.1 Å². The number of methoxy groups -OCH3 is 1. The molecule has 1 N–H and O–H groups in total. The van der Waals surface area contributed by atoms with Crippen LogP contribution in [0.5, 0.6) is 0 Å². The molecule has 0 amide bonds. The van der Waals surface area contributed by atoms with Crippen molar-refractivity contribution in [1.82, 2.24) is 5.32 Å². The predicted molar refractivity (Wildman–Crippen MR) is 76.8 cm³/mol. The van der Waals surface area contributed by atoms with Crippen LogP contribution in [0.25, 0.3) is 0 Å². The Balaban J connectivity index is 3.97. The number of nitrogens with one attached hydrogen (secondary N) is 1. The maximum Gasteiger partial charge on any atom is 0.326 e. The van der Waals surface area contributed by atoms with E-state index in [9.17, 15) is 4.79 Å². The number of ether oxygens (including phenoxy) is 4. The van der Waals surface area contributed by atoms with Crippen molar-refractivity contribution < 1.29 is 23.7 Å². The average Bonchev–Trinajstić information content (AvgIpc) is 2.42. The quantitative estimate of drug-likeness (QED) is 0.427. The van der Waals surface area contributed by atoms with Gasteiger partial charge in [-0.05, 0) is 27.8 Å². The van der Waals surface area contributed by atoms with Crippen LogP contribution in [0.4, 0.5) is 0 Å². The van der Waals surface area contributed by atoms with E-state index in [2.05, 4.69) is 5.32 Å². The first-order valence-electron chi connectivity index (χ1n) is 7.04. The smallest absolute Gasteiger partial charge is 0.326 e. The Morgan fingerprint density at radius 2 is 1.90 bits per heavy atom. The van der Waals surface area contributed by atoms with Crippen molar-refractivity contribution in [3.05, 3.63) is 0 Å². The lowest BCUT2D eigenvalue weighted by Gasteiger charge is -2.29. The second-order valence-electron chi connectivity index (χ2n) is 4.79. The molecule has 0 aromatic carbocycles. The minimum atomic E-state index is -0.730. The molecule has 0 saturated carbocycles. The van der Waals surface area contributed by atoms with Gasteiger partial charge in [0, 0.05) is 13.5 Å². The Hall–Kier alpha value is -0.690. The summed E-state index contributed by atoms with van der Waals surface area (Å²) in [6.45, 7) is 8.08. The SMILES string of the molecule is CCOC(=O)C(C)(CC(C)OCCOCCOC)NC. The van der Waals surface area contributed by atoms with E-state index >= 15 is 0 Å². The largest absolute Gasteiger partial charge is 0.465 e. The van der Waals surface area contributed by atoms with Crippen LogP contribution in [0.2, 0.25) is 0 Å². The molecule has 0 bridgehead atoms. The van der Waals surface area contributed by atoms with Crippen LogP contribution in [0, 0.1) is 0 Å². The second-order valence-corrected chi connectivity index (χ2v) is 4.79. The number of carbonyl (C=O) groups is 1. The fourth-order valence-electron chi connectivity index (χ4n) is 1.76. The zero-order valence-electron chi connectivity index (χ0n) is 13.4. The molecule has 0 heterocycles. The minimum absolute atomic E-state index is 0.0668. The first-order valence-corrected chi connectivity index (χ1v) is 7.04. The van der Waals surface area contributed by atoms with Crippen molar-refractivity contribution in [1.29, 1.82) is 0 Å². The third-order valence-electron chi connectivity index (χ3n) is 3.04. The third-order valence-corrected chi connectivity index (χ3v) is 3.04. The van der Waals surface area contributed by atoms with Gasteiger partial charge in [0.25, 0.3) is 0 Å². The summed E-state index contributed by atoms with van der Waals surface area (Å²) in [5.41, 5.74) is -0.730. The lowest BCUT2D eigenvalue weighted by atomic mass is 9.95. The van der Waals surface area contributed by atoms with Crippen molar-refractivity contribution in [2.24, 2.45) is 0 Å². The van der Waals surface area contributed by atoms with Crippen molar-refractivity contribution in [3.63, 3.8) is 0 Å². The van der Waals surface area contributed by atoms with E-state index in [0.29, 0.717) is 39.5 Å². The summed E-state index contributed by atoms with van der Waals surface area (Å²) < 4.78 is 20.9. The minimum Gasteiger partial charge on any atom is -0.465 e. The maximum absolute atomic E-state index is 11.9. The van der Waals surface area contributed by atoms with Crippen LogP contribution >= 0.6 is 0 Å². The van der Waals surface area contributed by atoms with Crippen LogP contribution in [0.15, 0.2) is 0 Å². The molecule has 0 spiro atoms. The van der Waals surface area contributed by atoms with E-state index in [1.807, 2.05) is 13.8 Å². The summed E-state index contributed by atoms with van der Waals surface area (Å²) in [6.07, 6.45) is 0.475. The van der Waals surface area contributed by atoms with Gasteiger partial charge in [-0.1, -0.05) is 0 Å². The van der Waals surface area contributed by atoms with Crippen LogP contribution in [0.1, 0.15) is 27.2 Å². The van der Waals surface area contributed by atoms with Gasteiger partial charge in [0.05, 0.1) is 39.1 Å². The fourth-order valence-corrected chi connectivity index (χ4v) is 1.76. The van der Waals surface area contributed by atoms with E-state index in [4.69, 9.17) is 18.9 Å². The zero-order valence-corrected chi connectivity index (χ0v) is 13.4. The van der Waals surface area contributed by atoms with Gasteiger partial charge < -0.3 is 24.3 Å². The Labute approximate surface area is 122 Å². The van der Waals surface area contributed by atoms with Crippen molar-refractivity contribution >= 4 is 5.97 Å². The molecule has 120 valence electrons. The molecule has 0 aromatic rings. The van der Waals surface area contributed by atoms with Gasteiger partial charge in [-0.15, -0.1) is 0 Å². The molecule has 0 aliphatic carbocycles. The number of rotatable bonds is 12. The summed E-state index contributed by atoms with van der Waals surface area (Å²) >= 11 is 0. The highest BCUT2D eigenvalue weighted by atomic mass is 16.5. The summed E-state index contributed by atoms with van der Waals surface area (Å²) in [4.78, 5) is 11.9. The molecule has 0 rings (SSSR count). The zero-order chi connectivity index (χ0) is 15.4. The standard InChI is InChI=1S/C14H29NO5/c1-6-19-13(16)14(3,15-4)11-12(2)20-10-9-18-8-7-17-5/h12,15H,6-11H2,1-5H3. The Morgan fingerprint density at radius 3 is 2.45 bits per heavy atom. The lowest BCUT2D eigenvalue weighted by molar-refractivity contribution is -0.152. The third kappa shape index (κ3) is 7.79. The molecule has 0 aromatic heterocycles. The monoisotopic (exact) mass is 291 g/mol. The summed E-state index contributed by atoms with van der Waals surface area (Å²) in [7, 11) is 3.38. The van der Waals surface area contributed by atoms with Crippen LogP contribution in [0.3, 0.4) is 0 Å².